The summed E-state index contributed by atoms with van der Waals surface area (Å²) in [4.78, 5) is 21.7. The molecule has 2 nitrogen and oxygen atoms in total. The van der Waals surface area contributed by atoms with Gasteiger partial charge in [-0.05, 0) is 25.0 Å². The third-order valence-electron chi connectivity index (χ3n) is 2.82. The topological polar surface area (TPSA) is 34.1 Å². The maximum atomic E-state index is 10.8. The van der Waals surface area contributed by atoms with Crippen molar-refractivity contribution in [2.75, 3.05) is 0 Å². The Labute approximate surface area is 158 Å². The summed E-state index contributed by atoms with van der Waals surface area (Å²) >= 11 is -0.106. The molecule has 2 unspecified atom stereocenters. The molecule has 0 saturated carbocycles. The molecular formula is C16H18Cl2O2P2Pd. The fourth-order valence-corrected chi connectivity index (χ4v) is 2.35. The van der Waals surface area contributed by atoms with Crippen molar-refractivity contribution in [1.29, 1.82) is 0 Å². The fraction of sp³-hybridized carbons (Fsp3) is 0.125. The van der Waals surface area contributed by atoms with Gasteiger partial charge < -0.3 is 0 Å². The van der Waals surface area contributed by atoms with Gasteiger partial charge in [-0.2, -0.15) is 0 Å². The van der Waals surface area contributed by atoms with Gasteiger partial charge in [0.2, 0.25) is 0 Å². The molecule has 2 aromatic rings. The van der Waals surface area contributed by atoms with Crippen molar-refractivity contribution in [2.24, 2.45) is 0 Å². The SMILES string of the molecule is Cc1ccccc1C(=O)P.Cc1ccccc1C(=O)P.[Cl][Pd][Cl]. The molecule has 2 atom stereocenters. The van der Waals surface area contributed by atoms with Crippen LogP contribution in [0.4, 0.5) is 0 Å². The molecule has 0 saturated heterocycles. The summed E-state index contributed by atoms with van der Waals surface area (Å²) in [5.41, 5.74) is 3.74. The van der Waals surface area contributed by atoms with Gasteiger partial charge in [-0.3, -0.25) is 9.59 Å². The van der Waals surface area contributed by atoms with Gasteiger partial charge in [-0.25, -0.2) is 0 Å². The Hall–Kier alpha value is -0.118. The maximum absolute atomic E-state index is 10.8. The van der Waals surface area contributed by atoms with Crippen LogP contribution in [0.3, 0.4) is 0 Å². The first-order chi connectivity index (χ1) is 10.8. The Morgan fingerprint density at radius 3 is 1.22 bits per heavy atom. The van der Waals surface area contributed by atoms with Gasteiger partial charge in [0.05, 0.1) is 0 Å². The summed E-state index contributed by atoms with van der Waals surface area (Å²) in [6.07, 6.45) is 0. The van der Waals surface area contributed by atoms with E-state index in [2.05, 4.69) is 18.5 Å². The first-order valence-corrected chi connectivity index (χ1v) is 11.5. The number of carbonyl (C=O) groups is 2. The molecule has 0 heterocycles. The van der Waals surface area contributed by atoms with Crippen LogP contribution in [-0.2, 0) is 15.9 Å². The Balaban J connectivity index is 0.000000360. The van der Waals surface area contributed by atoms with Crippen LogP contribution in [0.2, 0.25) is 0 Å². The Morgan fingerprint density at radius 1 is 0.783 bits per heavy atom. The van der Waals surface area contributed by atoms with E-state index in [4.69, 9.17) is 19.1 Å². The Bertz CT molecular complexity index is 596. The normalized spacial score (nSPS) is 9.13. The summed E-state index contributed by atoms with van der Waals surface area (Å²) in [5.74, 6) is 0. The molecule has 0 spiro atoms. The monoisotopic (exact) mass is 480 g/mol. The quantitative estimate of drug-likeness (QED) is 0.425. The predicted octanol–water partition coefficient (Wildman–Crippen LogP) is 5.40. The number of halogens is 2. The number of benzene rings is 2. The van der Waals surface area contributed by atoms with Crippen LogP contribution in [0.1, 0.15) is 31.8 Å². The van der Waals surface area contributed by atoms with E-state index in [0.29, 0.717) is 0 Å². The first kappa shape index (κ1) is 22.9. The fourth-order valence-electron chi connectivity index (χ4n) is 1.70. The second-order valence-electron chi connectivity index (χ2n) is 4.40. The summed E-state index contributed by atoms with van der Waals surface area (Å²) in [6.45, 7) is 3.86. The molecule has 7 heteroatoms. The van der Waals surface area contributed by atoms with E-state index in [1.54, 1.807) is 0 Å². The number of carbonyl (C=O) groups excluding carboxylic acids is 2. The average molecular weight is 482 g/mol. The van der Waals surface area contributed by atoms with E-state index in [1.165, 1.54) is 0 Å². The third kappa shape index (κ3) is 9.69. The van der Waals surface area contributed by atoms with E-state index >= 15 is 0 Å². The molecule has 2 rings (SSSR count). The van der Waals surface area contributed by atoms with E-state index in [-0.39, 0.29) is 27.0 Å². The number of rotatable bonds is 2. The molecule has 2 aromatic carbocycles. The molecule has 128 valence electrons. The summed E-state index contributed by atoms with van der Waals surface area (Å²) < 4.78 is 0. The molecule has 0 aromatic heterocycles. The predicted molar refractivity (Wildman–Crippen MR) is 102 cm³/mol. The van der Waals surface area contributed by atoms with Gasteiger partial charge in [-0.1, -0.05) is 67.0 Å². The second kappa shape index (κ2) is 13.2. The average Bonchev–Trinajstić information content (AvgIpc) is 2.49. The van der Waals surface area contributed by atoms with Crippen LogP contribution in [0, 0.1) is 13.8 Å². The van der Waals surface area contributed by atoms with Crippen molar-refractivity contribution in [2.45, 2.75) is 13.8 Å². The molecule has 0 bridgehead atoms. The van der Waals surface area contributed by atoms with Crippen molar-refractivity contribution in [3.05, 3.63) is 70.8 Å². The molecule has 0 radical (unpaired) electrons. The van der Waals surface area contributed by atoms with Crippen LogP contribution in [-0.4, -0.2) is 11.0 Å². The zero-order valence-corrected chi connectivity index (χ0v) is 18.0. The van der Waals surface area contributed by atoms with E-state index in [0.717, 1.165) is 22.3 Å². The van der Waals surface area contributed by atoms with Crippen LogP contribution in [0.15, 0.2) is 48.5 Å². The molecule has 0 amide bonds. The van der Waals surface area contributed by atoms with Crippen molar-refractivity contribution in [1.82, 2.24) is 0 Å². The van der Waals surface area contributed by atoms with Gasteiger partial charge in [0.15, 0.2) is 11.0 Å². The zero-order valence-electron chi connectivity index (χ0n) is 12.7. The summed E-state index contributed by atoms with van der Waals surface area (Å²) in [7, 11) is 14.0. The third-order valence-corrected chi connectivity index (χ3v) is 3.44. The number of aryl methyl sites for hydroxylation is 2. The van der Waals surface area contributed by atoms with Crippen molar-refractivity contribution < 1.29 is 25.5 Å². The van der Waals surface area contributed by atoms with Gasteiger partial charge in [0.1, 0.15) is 0 Å². The van der Waals surface area contributed by atoms with Gasteiger partial charge >= 0.3 is 35.0 Å². The van der Waals surface area contributed by atoms with E-state index in [1.807, 2.05) is 62.4 Å². The van der Waals surface area contributed by atoms with Crippen LogP contribution in [0.25, 0.3) is 0 Å². The Morgan fingerprint density at radius 2 is 1.04 bits per heavy atom. The van der Waals surface area contributed by atoms with Crippen molar-refractivity contribution >= 4 is 48.6 Å². The molecule has 0 aliphatic rings. The minimum absolute atomic E-state index is 0.0538. The van der Waals surface area contributed by atoms with Crippen LogP contribution >= 0.6 is 37.5 Å². The van der Waals surface area contributed by atoms with Crippen LogP contribution < -0.4 is 0 Å². The molecule has 0 aliphatic carbocycles. The molecule has 0 aliphatic heterocycles. The van der Waals surface area contributed by atoms with Crippen molar-refractivity contribution in [3.8, 4) is 0 Å². The molecule has 0 N–H and O–H groups in total. The van der Waals surface area contributed by atoms with E-state index < -0.39 is 0 Å². The second-order valence-corrected chi connectivity index (χ2v) is 7.81. The molecule has 0 fully saturated rings. The standard InChI is InChI=1S/2C8H9OP.2ClH.Pd/c2*1-6-4-2-3-5-7(6)8(9)10;;;/h2*2-5H,10H2,1H3;2*1H;/q;;;;+2/p-2. The van der Waals surface area contributed by atoms with Gasteiger partial charge in [-0.15, -0.1) is 0 Å². The van der Waals surface area contributed by atoms with E-state index in [9.17, 15) is 9.59 Å². The van der Waals surface area contributed by atoms with Crippen LogP contribution in [0.5, 0.6) is 0 Å². The first-order valence-electron chi connectivity index (χ1n) is 6.38. The van der Waals surface area contributed by atoms with Gasteiger partial charge in [0, 0.05) is 11.1 Å². The number of hydrogen-bond acceptors (Lipinski definition) is 2. The summed E-state index contributed by atoms with van der Waals surface area (Å²) in [5, 5.41) is 0. The van der Waals surface area contributed by atoms with Gasteiger partial charge in [0.25, 0.3) is 0 Å². The Kier molecular flexibility index (Phi) is 13.1. The van der Waals surface area contributed by atoms with Crippen molar-refractivity contribution in [3.63, 3.8) is 0 Å². The zero-order chi connectivity index (χ0) is 17.8. The molecular weight excluding hydrogens is 463 g/mol. The summed E-state index contributed by atoms with van der Waals surface area (Å²) in [6, 6.07) is 15.1. The minimum atomic E-state index is -0.106. The number of hydrogen-bond donors (Lipinski definition) is 0. The molecule has 23 heavy (non-hydrogen) atoms.